The number of hydrogen-bond donors (Lipinski definition) is 2. The predicted molar refractivity (Wildman–Crippen MR) is 79.2 cm³/mol. The van der Waals surface area contributed by atoms with Crippen LogP contribution in [0.25, 0.3) is 11.3 Å². The Labute approximate surface area is 122 Å². The Morgan fingerprint density at radius 3 is 2.62 bits per heavy atom. The number of anilines is 2. The van der Waals surface area contributed by atoms with Crippen LogP contribution in [0, 0.1) is 0 Å². The van der Waals surface area contributed by atoms with E-state index in [0.29, 0.717) is 11.6 Å². The molecule has 0 atom stereocenters. The van der Waals surface area contributed by atoms with Gasteiger partial charge in [-0.2, -0.15) is 4.98 Å². The van der Waals surface area contributed by atoms with Crippen molar-refractivity contribution in [3.05, 3.63) is 24.4 Å². The van der Waals surface area contributed by atoms with Crippen LogP contribution in [0.2, 0.25) is 0 Å². The number of nitrogen functional groups attached to an aromatic ring is 1. The molecule has 0 saturated carbocycles. The average Bonchev–Trinajstić information content (AvgIpc) is 2.47. The summed E-state index contributed by atoms with van der Waals surface area (Å²) in [5.74, 6) is 1.43. The number of nitrogens with two attached hydrogens (primary N) is 1. The third-order valence-electron chi connectivity index (χ3n) is 2.42. The summed E-state index contributed by atoms with van der Waals surface area (Å²) in [6.45, 7) is -0.250. The fourth-order valence-electron chi connectivity index (χ4n) is 1.64. The van der Waals surface area contributed by atoms with Gasteiger partial charge in [0.1, 0.15) is 5.82 Å². The van der Waals surface area contributed by atoms with Gasteiger partial charge in [-0.3, -0.25) is 4.79 Å². The van der Waals surface area contributed by atoms with Gasteiger partial charge >= 0.3 is 0 Å². The monoisotopic (exact) mass is 291 g/mol. The number of hydrogen-bond acceptors (Lipinski definition) is 7. The average molecular weight is 291 g/mol. The van der Waals surface area contributed by atoms with Gasteiger partial charge in [-0.15, -0.1) is 0 Å². The fraction of sp³-hybridized carbons (Fsp3) is 0.231. The van der Waals surface area contributed by atoms with E-state index >= 15 is 0 Å². The van der Waals surface area contributed by atoms with Crippen LogP contribution >= 0.6 is 0 Å². The Morgan fingerprint density at radius 1 is 1.38 bits per heavy atom. The molecule has 0 spiro atoms. The lowest BCUT2D eigenvalue weighted by atomic mass is 10.1. The standard InChI is InChI=1S/C12H15N5O.CH2O2/c1-17(2)11-8(5-4-6-14-11)9-7-10(18-3)16-12(13)15-9;2-1-3/h4-7H,1-3H3,(H2,13,15,16);1H,(H,2,3). The normalized spacial score (nSPS) is 9.29. The highest BCUT2D eigenvalue weighted by molar-refractivity contribution is 5.73. The molecular formula is C13H17N5O3. The summed E-state index contributed by atoms with van der Waals surface area (Å²) in [5, 5.41) is 6.89. The second kappa shape index (κ2) is 7.63. The van der Waals surface area contributed by atoms with E-state index in [1.54, 1.807) is 19.4 Å². The molecule has 0 fully saturated rings. The Kier molecular flexibility index (Phi) is 5.87. The number of ether oxygens (including phenoxy) is 1. The minimum atomic E-state index is -0.250. The third kappa shape index (κ3) is 4.30. The minimum Gasteiger partial charge on any atom is -0.483 e. The molecule has 3 N–H and O–H groups in total. The van der Waals surface area contributed by atoms with E-state index in [-0.39, 0.29) is 12.4 Å². The number of aromatic nitrogens is 3. The molecule has 2 aromatic rings. The predicted octanol–water partition coefficient (Wildman–Crippen LogP) is 0.896. The lowest BCUT2D eigenvalue weighted by molar-refractivity contribution is -0.122. The summed E-state index contributed by atoms with van der Waals surface area (Å²) in [6.07, 6.45) is 1.74. The molecule has 0 aromatic carbocycles. The van der Waals surface area contributed by atoms with Crippen molar-refractivity contribution in [2.24, 2.45) is 0 Å². The van der Waals surface area contributed by atoms with Gasteiger partial charge < -0.3 is 20.5 Å². The first-order valence-electron chi connectivity index (χ1n) is 5.92. The number of carboxylic acid groups (broad SMARTS) is 1. The number of methoxy groups -OCH3 is 1. The molecule has 2 heterocycles. The lowest BCUT2D eigenvalue weighted by Crippen LogP contribution is -2.12. The van der Waals surface area contributed by atoms with Crippen molar-refractivity contribution in [1.29, 1.82) is 0 Å². The third-order valence-corrected chi connectivity index (χ3v) is 2.42. The van der Waals surface area contributed by atoms with Gasteiger partial charge in [-0.1, -0.05) is 0 Å². The van der Waals surface area contributed by atoms with Gasteiger partial charge in [-0.25, -0.2) is 9.97 Å². The van der Waals surface area contributed by atoms with E-state index in [2.05, 4.69) is 15.0 Å². The number of pyridine rings is 1. The zero-order valence-corrected chi connectivity index (χ0v) is 12.0. The second-order valence-electron chi connectivity index (χ2n) is 4.03. The van der Waals surface area contributed by atoms with Crippen LogP contribution < -0.4 is 15.4 Å². The van der Waals surface area contributed by atoms with Gasteiger partial charge in [0.05, 0.1) is 12.8 Å². The summed E-state index contributed by atoms with van der Waals surface area (Å²) >= 11 is 0. The zero-order valence-electron chi connectivity index (χ0n) is 12.0. The maximum atomic E-state index is 8.36. The zero-order chi connectivity index (χ0) is 15.8. The van der Waals surface area contributed by atoms with E-state index in [1.165, 1.54) is 0 Å². The maximum Gasteiger partial charge on any atom is 0.290 e. The van der Waals surface area contributed by atoms with Crippen molar-refractivity contribution in [1.82, 2.24) is 15.0 Å². The molecule has 2 aromatic heterocycles. The SMILES string of the molecule is COc1cc(-c2cccnc2N(C)C)nc(N)n1.O=CO. The van der Waals surface area contributed by atoms with Gasteiger partial charge in [-0.05, 0) is 12.1 Å². The highest BCUT2D eigenvalue weighted by atomic mass is 16.5. The van der Waals surface area contributed by atoms with E-state index in [1.807, 2.05) is 31.1 Å². The first kappa shape index (κ1) is 16.2. The van der Waals surface area contributed by atoms with E-state index < -0.39 is 0 Å². The summed E-state index contributed by atoms with van der Waals surface area (Å²) < 4.78 is 5.09. The molecule has 8 heteroatoms. The van der Waals surface area contributed by atoms with Crippen molar-refractivity contribution in [3.63, 3.8) is 0 Å². The quantitative estimate of drug-likeness (QED) is 0.801. The van der Waals surface area contributed by atoms with Crippen molar-refractivity contribution in [2.75, 3.05) is 31.8 Å². The first-order valence-corrected chi connectivity index (χ1v) is 5.92. The highest BCUT2D eigenvalue weighted by Crippen LogP contribution is 2.28. The molecule has 0 unspecified atom stereocenters. The smallest absolute Gasteiger partial charge is 0.290 e. The van der Waals surface area contributed by atoms with E-state index in [4.69, 9.17) is 20.4 Å². The van der Waals surface area contributed by atoms with Gasteiger partial charge in [0.2, 0.25) is 11.8 Å². The summed E-state index contributed by atoms with van der Waals surface area (Å²) in [5.41, 5.74) is 7.24. The van der Waals surface area contributed by atoms with E-state index in [0.717, 1.165) is 11.4 Å². The van der Waals surface area contributed by atoms with Crippen LogP contribution in [0.1, 0.15) is 0 Å². The minimum absolute atomic E-state index is 0.179. The Balaban J connectivity index is 0.000000677. The van der Waals surface area contributed by atoms with Gasteiger partial charge in [0.15, 0.2) is 0 Å². The molecule has 0 bridgehead atoms. The topological polar surface area (TPSA) is 114 Å². The van der Waals surface area contributed by atoms with Crippen LogP contribution in [0.15, 0.2) is 24.4 Å². The number of rotatable bonds is 3. The van der Waals surface area contributed by atoms with Crippen molar-refractivity contribution >= 4 is 18.2 Å². The molecule has 0 aliphatic rings. The molecule has 2 rings (SSSR count). The van der Waals surface area contributed by atoms with Crippen LogP contribution in [0.4, 0.5) is 11.8 Å². The van der Waals surface area contributed by atoms with E-state index in [9.17, 15) is 0 Å². The lowest BCUT2D eigenvalue weighted by Gasteiger charge is -2.15. The first-order chi connectivity index (χ1) is 10.0. The largest absolute Gasteiger partial charge is 0.483 e. The van der Waals surface area contributed by atoms with Crippen LogP contribution in [-0.2, 0) is 4.79 Å². The summed E-state index contributed by atoms with van der Waals surface area (Å²) in [4.78, 5) is 22.8. The summed E-state index contributed by atoms with van der Waals surface area (Å²) in [7, 11) is 5.39. The molecule has 0 radical (unpaired) electrons. The molecule has 8 nitrogen and oxygen atoms in total. The van der Waals surface area contributed by atoms with Crippen LogP contribution in [0.5, 0.6) is 5.88 Å². The van der Waals surface area contributed by atoms with Gasteiger partial charge in [0, 0.05) is 31.9 Å². The van der Waals surface area contributed by atoms with Gasteiger partial charge in [0.25, 0.3) is 6.47 Å². The van der Waals surface area contributed by atoms with Crippen LogP contribution in [0.3, 0.4) is 0 Å². The Hall–Kier alpha value is -2.90. The maximum absolute atomic E-state index is 8.36. The van der Waals surface area contributed by atoms with Crippen molar-refractivity contribution in [3.8, 4) is 17.1 Å². The number of carbonyl (C=O) groups is 1. The second-order valence-corrected chi connectivity index (χ2v) is 4.03. The highest BCUT2D eigenvalue weighted by Gasteiger charge is 2.11. The molecule has 112 valence electrons. The Morgan fingerprint density at radius 2 is 2.05 bits per heavy atom. The Bertz CT molecular complexity index is 604. The number of nitrogens with zero attached hydrogens (tertiary/aromatic N) is 4. The van der Waals surface area contributed by atoms with Crippen molar-refractivity contribution < 1.29 is 14.6 Å². The molecule has 0 aliphatic heterocycles. The molecule has 21 heavy (non-hydrogen) atoms. The fourth-order valence-corrected chi connectivity index (χ4v) is 1.64. The molecule has 0 amide bonds. The van der Waals surface area contributed by atoms with Crippen LogP contribution in [-0.4, -0.2) is 47.7 Å². The molecule has 0 aliphatic carbocycles. The molecular weight excluding hydrogens is 274 g/mol. The van der Waals surface area contributed by atoms with Crippen molar-refractivity contribution in [2.45, 2.75) is 0 Å². The summed E-state index contributed by atoms with van der Waals surface area (Å²) in [6, 6.07) is 5.52. The molecule has 0 saturated heterocycles.